The average molecular weight is 244 g/mol. The zero-order valence-electron chi connectivity index (χ0n) is 10.2. The van der Waals surface area contributed by atoms with Gasteiger partial charge in [-0.15, -0.1) is 0 Å². The van der Waals surface area contributed by atoms with Crippen LogP contribution in [0.1, 0.15) is 24.0 Å². The van der Waals surface area contributed by atoms with E-state index < -0.39 is 0 Å². The van der Waals surface area contributed by atoms with E-state index in [1.54, 1.807) is 18.6 Å². The summed E-state index contributed by atoms with van der Waals surface area (Å²) in [4.78, 5) is 11.5. The smallest absolute Gasteiger partial charge is 0.306 e. The second-order valence-electron chi connectivity index (χ2n) is 4.13. The molecule has 2 aromatic rings. The van der Waals surface area contributed by atoms with Crippen LogP contribution in [-0.4, -0.2) is 5.97 Å². The number of ether oxygens (including phenoxy) is 1. The number of carbonyl (C=O) groups excluding carboxylic acids is 1. The monoisotopic (exact) mass is 244 g/mol. The fourth-order valence-electron chi connectivity index (χ4n) is 1.69. The van der Waals surface area contributed by atoms with E-state index in [2.05, 4.69) is 12.1 Å². The molecule has 0 spiro atoms. The van der Waals surface area contributed by atoms with Crippen LogP contribution in [0.25, 0.3) is 0 Å². The number of furan rings is 1. The molecular weight excluding hydrogens is 228 g/mol. The zero-order valence-corrected chi connectivity index (χ0v) is 10.2. The van der Waals surface area contributed by atoms with Crippen molar-refractivity contribution >= 4 is 5.97 Å². The van der Waals surface area contributed by atoms with Crippen molar-refractivity contribution in [1.29, 1.82) is 0 Å². The van der Waals surface area contributed by atoms with Crippen LogP contribution < -0.4 is 0 Å². The van der Waals surface area contributed by atoms with Crippen LogP contribution in [0.5, 0.6) is 0 Å². The van der Waals surface area contributed by atoms with E-state index in [9.17, 15) is 4.79 Å². The molecule has 0 fully saturated rings. The number of rotatable bonds is 6. The van der Waals surface area contributed by atoms with Gasteiger partial charge < -0.3 is 9.15 Å². The van der Waals surface area contributed by atoms with Gasteiger partial charge in [0.15, 0.2) is 0 Å². The summed E-state index contributed by atoms with van der Waals surface area (Å²) in [6, 6.07) is 11.9. The fourth-order valence-corrected chi connectivity index (χ4v) is 1.69. The maximum absolute atomic E-state index is 11.5. The topological polar surface area (TPSA) is 39.4 Å². The standard InChI is InChI=1S/C15H16O3/c16-15(18-12-14-9-10-17-11-14)8-4-7-13-5-2-1-3-6-13/h1-3,5-6,9-11H,4,7-8,12H2. The highest BCUT2D eigenvalue weighted by Gasteiger charge is 2.04. The van der Waals surface area contributed by atoms with Crippen LogP contribution in [0.3, 0.4) is 0 Å². The van der Waals surface area contributed by atoms with Gasteiger partial charge in [-0.25, -0.2) is 0 Å². The first-order valence-electron chi connectivity index (χ1n) is 6.05. The molecule has 0 atom stereocenters. The lowest BCUT2D eigenvalue weighted by molar-refractivity contribution is -0.145. The van der Waals surface area contributed by atoms with Crippen molar-refractivity contribution in [1.82, 2.24) is 0 Å². The highest BCUT2D eigenvalue weighted by Crippen LogP contribution is 2.07. The van der Waals surface area contributed by atoms with Gasteiger partial charge in [-0.05, 0) is 24.5 Å². The lowest BCUT2D eigenvalue weighted by atomic mass is 10.1. The summed E-state index contributed by atoms with van der Waals surface area (Å²) >= 11 is 0. The Kier molecular flexibility index (Phi) is 4.59. The number of benzene rings is 1. The normalized spacial score (nSPS) is 10.2. The van der Waals surface area contributed by atoms with Gasteiger partial charge in [-0.2, -0.15) is 0 Å². The lowest BCUT2D eigenvalue weighted by Gasteiger charge is -2.03. The van der Waals surface area contributed by atoms with Crippen molar-refractivity contribution in [2.75, 3.05) is 0 Å². The van der Waals surface area contributed by atoms with E-state index in [0.717, 1.165) is 18.4 Å². The first-order valence-corrected chi connectivity index (χ1v) is 6.05. The highest BCUT2D eigenvalue weighted by molar-refractivity contribution is 5.69. The molecule has 0 saturated carbocycles. The van der Waals surface area contributed by atoms with E-state index >= 15 is 0 Å². The summed E-state index contributed by atoms with van der Waals surface area (Å²) in [5.41, 5.74) is 2.13. The van der Waals surface area contributed by atoms with Gasteiger partial charge in [-0.1, -0.05) is 30.3 Å². The van der Waals surface area contributed by atoms with Gasteiger partial charge in [-0.3, -0.25) is 4.79 Å². The van der Waals surface area contributed by atoms with Crippen molar-refractivity contribution in [2.45, 2.75) is 25.9 Å². The largest absolute Gasteiger partial charge is 0.472 e. The van der Waals surface area contributed by atoms with E-state index in [0.29, 0.717) is 13.0 Å². The number of carbonyl (C=O) groups is 1. The Balaban J connectivity index is 1.63. The number of hydrogen-bond acceptors (Lipinski definition) is 3. The number of hydrogen-bond donors (Lipinski definition) is 0. The van der Waals surface area contributed by atoms with Crippen molar-refractivity contribution in [3.8, 4) is 0 Å². The summed E-state index contributed by atoms with van der Waals surface area (Å²) in [6.07, 6.45) is 5.32. The number of aryl methyl sites for hydroxylation is 1. The Morgan fingerprint density at radius 3 is 2.67 bits per heavy atom. The van der Waals surface area contributed by atoms with E-state index in [-0.39, 0.29) is 5.97 Å². The third-order valence-electron chi connectivity index (χ3n) is 2.67. The molecule has 0 bridgehead atoms. The first-order chi connectivity index (χ1) is 8.84. The fraction of sp³-hybridized carbons (Fsp3) is 0.267. The van der Waals surface area contributed by atoms with Gasteiger partial charge in [0.25, 0.3) is 0 Å². The van der Waals surface area contributed by atoms with Crippen LogP contribution in [-0.2, 0) is 22.6 Å². The maximum Gasteiger partial charge on any atom is 0.306 e. The molecule has 0 unspecified atom stereocenters. The minimum atomic E-state index is -0.160. The summed E-state index contributed by atoms with van der Waals surface area (Å²) in [7, 11) is 0. The van der Waals surface area contributed by atoms with E-state index in [1.807, 2.05) is 18.2 Å². The van der Waals surface area contributed by atoms with Crippen LogP contribution in [0.4, 0.5) is 0 Å². The molecule has 0 N–H and O–H groups in total. The molecule has 94 valence electrons. The molecule has 1 aromatic carbocycles. The molecule has 3 heteroatoms. The van der Waals surface area contributed by atoms with Crippen molar-refractivity contribution in [2.24, 2.45) is 0 Å². The predicted octanol–water partition coefficient (Wildman–Crippen LogP) is 3.35. The lowest BCUT2D eigenvalue weighted by Crippen LogP contribution is -2.04. The third kappa shape index (κ3) is 4.09. The maximum atomic E-state index is 11.5. The molecular formula is C15H16O3. The molecule has 0 aliphatic heterocycles. The van der Waals surface area contributed by atoms with Gasteiger partial charge in [0.05, 0.1) is 12.5 Å². The predicted molar refractivity (Wildman–Crippen MR) is 67.9 cm³/mol. The van der Waals surface area contributed by atoms with Crippen LogP contribution in [0.2, 0.25) is 0 Å². The summed E-state index contributed by atoms with van der Waals surface area (Å²) in [5, 5.41) is 0. The van der Waals surface area contributed by atoms with E-state index in [4.69, 9.17) is 9.15 Å². The Hall–Kier alpha value is -2.03. The molecule has 1 aromatic heterocycles. The molecule has 1 heterocycles. The van der Waals surface area contributed by atoms with Gasteiger partial charge in [0.1, 0.15) is 6.61 Å². The highest BCUT2D eigenvalue weighted by atomic mass is 16.5. The molecule has 0 amide bonds. The van der Waals surface area contributed by atoms with E-state index in [1.165, 1.54) is 5.56 Å². The minimum Gasteiger partial charge on any atom is -0.472 e. The Labute approximate surface area is 106 Å². The van der Waals surface area contributed by atoms with Crippen LogP contribution in [0, 0.1) is 0 Å². The summed E-state index contributed by atoms with van der Waals surface area (Å²) in [5.74, 6) is -0.160. The van der Waals surface area contributed by atoms with Gasteiger partial charge in [0.2, 0.25) is 0 Å². The minimum absolute atomic E-state index is 0.160. The molecule has 2 rings (SSSR count). The summed E-state index contributed by atoms with van der Waals surface area (Å²) < 4.78 is 10.0. The molecule has 0 radical (unpaired) electrons. The van der Waals surface area contributed by atoms with Crippen LogP contribution in [0.15, 0.2) is 53.3 Å². The first kappa shape index (κ1) is 12.4. The van der Waals surface area contributed by atoms with Crippen molar-refractivity contribution < 1.29 is 13.9 Å². The summed E-state index contributed by atoms with van der Waals surface area (Å²) in [6.45, 7) is 0.292. The number of esters is 1. The second-order valence-corrected chi connectivity index (χ2v) is 4.13. The molecule has 0 aliphatic carbocycles. The molecule has 3 nitrogen and oxygen atoms in total. The van der Waals surface area contributed by atoms with Crippen molar-refractivity contribution in [3.63, 3.8) is 0 Å². The Morgan fingerprint density at radius 2 is 1.94 bits per heavy atom. The van der Waals surface area contributed by atoms with Crippen molar-refractivity contribution in [3.05, 3.63) is 60.1 Å². The second kappa shape index (κ2) is 6.64. The molecule has 0 aliphatic rings. The average Bonchev–Trinajstić information content (AvgIpc) is 2.91. The van der Waals surface area contributed by atoms with Crippen LogP contribution >= 0.6 is 0 Å². The quantitative estimate of drug-likeness (QED) is 0.731. The Bertz CT molecular complexity index is 460. The molecule has 0 saturated heterocycles. The Morgan fingerprint density at radius 1 is 1.11 bits per heavy atom. The van der Waals surface area contributed by atoms with Gasteiger partial charge >= 0.3 is 5.97 Å². The molecule has 18 heavy (non-hydrogen) atoms. The van der Waals surface area contributed by atoms with Gasteiger partial charge in [0, 0.05) is 12.0 Å². The zero-order chi connectivity index (χ0) is 12.6. The SMILES string of the molecule is O=C(CCCc1ccccc1)OCc1ccoc1. The third-order valence-corrected chi connectivity index (χ3v) is 2.67.